The number of nitrogens with zero attached hydrogens (tertiary/aromatic N) is 5. The minimum absolute atomic E-state index is 0.151. The summed E-state index contributed by atoms with van der Waals surface area (Å²) in [7, 11) is 0. The van der Waals surface area contributed by atoms with E-state index in [1.165, 1.54) is 11.0 Å². The monoisotopic (exact) mass is 374 g/mol. The van der Waals surface area contributed by atoms with Crippen LogP contribution in [0.1, 0.15) is 16.8 Å². The molecule has 0 fully saturated rings. The van der Waals surface area contributed by atoms with E-state index in [0.29, 0.717) is 25.1 Å². The van der Waals surface area contributed by atoms with Crippen molar-refractivity contribution in [2.75, 3.05) is 13.2 Å². The topological polar surface area (TPSA) is 94.8 Å². The maximum Gasteiger partial charge on any atom is 0.251 e. The Bertz CT molecular complexity index is 1080. The van der Waals surface area contributed by atoms with Gasteiger partial charge in [-0.1, -0.05) is 24.3 Å². The zero-order chi connectivity index (χ0) is 19.2. The van der Waals surface area contributed by atoms with Crippen LogP contribution in [0.4, 0.5) is 0 Å². The van der Waals surface area contributed by atoms with Gasteiger partial charge in [0.15, 0.2) is 0 Å². The van der Waals surface area contributed by atoms with Gasteiger partial charge >= 0.3 is 0 Å². The van der Waals surface area contributed by atoms with Crippen LogP contribution in [-0.4, -0.2) is 44.3 Å². The van der Waals surface area contributed by atoms with Gasteiger partial charge in [0.2, 0.25) is 0 Å². The number of benzene rings is 2. The van der Waals surface area contributed by atoms with Crippen LogP contribution in [0.25, 0.3) is 16.6 Å². The number of carbonyl (C=O) groups is 1. The molecule has 4 aromatic rings. The van der Waals surface area contributed by atoms with Gasteiger partial charge in [-0.2, -0.15) is 0 Å². The highest BCUT2D eigenvalue weighted by Crippen LogP contribution is 2.22. The Morgan fingerprint density at radius 2 is 2.00 bits per heavy atom. The number of rotatable bonds is 7. The second-order valence-electron chi connectivity index (χ2n) is 6.09. The molecule has 2 aromatic carbocycles. The summed E-state index contributed by atoms with van der Waals surface area (Å²) in [4.78, 5) is 16.7. The Labute approximate surface area is 161 Å². The molecule has 28 heavy (non-hydrogen) atoms. The molecule has 0 unspecified atom stereocenters. The molecule has 0 aliphatic heterocycles. The maximum absolute atomic E-state index is 12.4. The number of nitrogens with one attached hydrogen (secondary N) is 1. The minimum Gasteiger partial charge on any atom is -0.491 e. The number of tetrazole rings is 1. The molecule has 1 amide bonds. The quantitative estimate of drug-likeness (QED) is 0.499. The van der Waals surface area contributed by atoms with Crippen LogP contribution in [0.15, 0.2) is 67.1 Å². The van der Waals surface area contributed by atoms with Crippen molar-refractivity contribution < 1.29 is 9.53 Å². The number of fused-ring (bicyclic) bond motifs is 1. The van der Waals surface area contributed by atoms with E-state index >= 15 is 0 Å². The number of para-hydroxylation sites is 1. The van der Waals surface area contributed by atoms with Gasteiger partial charge in [0, 0.05) is 23.7 Å². The zero-order valence-electron chi connectivity index (χ0n) is 15.0. The van der Waals surface area contributed by atoms with Gasteiger partial charge in [0.1, 0.15) is 17.6 Å². The fraction of sp³-hybridized carbons (Fsp3) is 0.150. The van der Waals surface area contributed by atoms with Gasteiger partial charge in [0.25, 0.3) is 5.91 Å². The van der Waals surface area contributed by atoms with Crippen molar-refractivity contribution in [3.05, 3.63) is 72.7 Å². The molecule has 0 aliphatic carbocycles. The molecular weight excluding hydrogens is 356 g/mol. The molecule has 0 saturated heterocycles. The normalized spacial score (nSPS) is 10.7. The number of pyridine rings is 1. The number of aromatic nitrogens is 5. The molecule has 0 atom stereocenters. The average Bonchev–Trinajstić information content (AvgIpc) is 3.28. The third kappa shape index (κ3) is 3.96. The van der Waals surface area contributed by atoms with Gasteiger partial charge < -0.3 is 10.1 Å². The summed E-state index contributed by atoms with van der Waals surface area (Å²) in [5.74, 6) is 0.598. The average molecular weight is 374 g/mol. The lowest BCUT2D eigenvalue weighted by Crippen LogP contribution is -2.25. The lowest BCUT2D eigenvalue weighted by Gasteiger charge is -2.09. The van der Waals surface area contributed by atoms with E-state index in [1.807, 2.05) is 36.4 Å². The second kappa shape index (κ2) is 8.26. The van der Waals surface area contributed by atoms with Crippen molar-refractivity contribution in [3.8, 4) is 11.4 Å². The molecular formula is C20H18N6O2. The highest BCUT2D eigenvalue weighted by Gasteiger charge is 2.07. The smallest absolute Gasteiger partial charge is 0.251 e. The minimum atomic E-state index is -0.151. The lowest BCUT2D eigenvalue weighted by atomic mass is 10.2. The summed E-state index contributed by atoms with van der Waals surface area (Å²) in [6, 6.07) is 16.9. The van der Waals surface area contributed by atoms with Gasteiger partial charge in [-0.3, -0.25) is 9.78 Å². The summed E-state index contributed by atoms with van der Waals surface area (Å²) in [6.07, 6.45) is 3.91. The molecule has 8 nitrogen and oxygen atoms in total. The molecule has 0 bridgehead atoms. The molecule has 2 aromatic heterocycles. The molecule has 0 aliphatic rings. The van der Waals surface area contributed by atoms with E-state index < -0.39 is 0 Å². The standard InChI is InChI=1S/C20H18N6O2/c27-20(16-6-1-8-17(13-16)26-14-23-24-25-26)22-11-4-12-28-18-9-2-5-15-7-3-10-21-19(15)18/h1-3,5-10,13-14H,4,11-12H2,(H,22,27). The number of ether oxygens (including phenoxy) is 1. The van der Waals surface area contributed by atoms with Gasteiger partial charge in [-0.05, 0) is 47.2 Å². The van der Waals surface area contributed by atoms with Crippen molar-refractivity contribution in [2.24, 2.45) is 0 Å². The molecule has 0 saturated carbocycles. The van der Waals surface area contributed by atoms with Crippen LogP contribution in [0.5, 0.6) is 5.75 Å². The van der Waals surface area contributed by atoms with E-state index in [2.05, 4.69) is 25.8 Å². The molecule has 140 valence electrons. The van der Waals surface area contributed by atoms with Crippen LogP contribution in [0, 0.1) is 0 Å². The molecule has 2 heterocycles. The molecule has 1 N–H and O–H groups in total. The first-order chi connectivity index (χ1) is 13.8. The molecule has 0 spiro atoms. The van der Waals surface area contributed by atoms with Crippen LogP contribution in [0.3, 0.4) is 0 Å². The third-order valence-corrected chi connectivity index (χ3v) is 4.18. The van der Waals surface area contributed by atoms with Crippen LogP contribution < -0.4 is 10.1 Å². The van der Waals surface area contributed by atoms with Crippen molar-refractivity contribution in [3.63, 3.8) is 0 Å². The predicted molar refractivity (Wildman–Crippen MR) is 103 cm³/mol. The van der Waals surface area contributed by atoms with E-state index in [-0.39, 0.29) is 5.91 Å². The molecule has 4 rings (SSSR count). The summed E-state index contributed by atoms with van der Waals surface area (Å²) < 4.78 is 7.34. The number of carbonyl (C=O) groups excluding carboxylic acids is 1. The predicted octanol–water partition coefficient (Wildman–Crippen LogP) is 2.41. The van der Waals surface area contributed by atoms with E-state index in [1.54, 1.807) is 24.4 Å². The van der Waals surface area contributed by atoms with Crippen LogP contribution in [-0.2, 0) is 0 Å². The molecule has 8 heteroatoms. The first kappa shape index (κ1) is 17.6. The van der Waals surface area contributed by atoms with Crippen LogP contribution in [0.2, 0.25) is 0 Å². The third-order valence-electron chi connectivity index (χ3n) is 4.18. The van der Waals surface area contributed by atoms with Crippen molar-refractivity contribution >= 4 is 16.8 Å². The lowest BCUT2D eigenvalue weighted by molar-refractivity contribution is 0.0951. The van der Waals surface area contributed by atoms with Gasteiger partial charge in [0.05, 0.1) is 12.3 Å². The maximum atomic E-state index is 12.4. The van der Waals surface area contributed by atoms with Crippen LogP contribution >= 0.6 is 0 Å². The van der Waals surface area contributed by atoms with Crippen molar-refractivity contribution in [2.45, 2.75) is 6.42 Å². The Morgan fingerprint density at radius 1 is 1.11 bits per heavy atom. The highest BCUT2D eigenvalue weighted by atomic mass is 16.5. The Morgan fingerprint density at radius 3 is 2.89 bits per heavy atom. The Kier molecular flexibility index (Phi) is 5.19. The summed E-state index contributed by atoms with van der Waals surface area (Å²) in [6.45, 7) is 0.993. The first-order valence-corrected chi connectivity index (χ1v) is 8.89. The summed E-state index contributed by atoms with van der Waals surface area (Å²) in [5.41, 5.74) is 2.12. The fourth-order valence-electron chi connectivity index (χ4n) is 2.82. The summed E-state index contributed by atoms with van der Waals surface area (Å²) >= 11 is 0. The number of hydrogen-bond acceptors (Lipinski definition) is 6. The summed E-state index contributed by atoms with van der Waals surface area (Å²) in [5, 5.41) is 15.0. The van der Waals surface area contributed by atoms with Crippen molar-refractivity contribution in [1.82, 2.24) is 30.5 Å². The Hall–Kier alpha value is -3.81. The molecule has 0 radical (unpaired) electrons. The fourth-order valence-corrected chi connectivity index (χ4v) is 2.82. The second-order valence-corrected chi connectivity index (χ2v) is 6.09. The van der Waals surface area contributed by atoms with E-state index in [9.17, 15) is 4.79 Å². The largest absolute Gasteiger partial charge is 0.491 e. The van der Waals surface area contributed by atoms with Gasteiger partial charge in [-0.15, -0.1) is 5.10 Å². The number of hydrogen-bond donors (Lipinski definition) is 1. The SMILES string of the molecule is O=C(NCCCOc1cccc2cccnc12)c1cccc(-n2cnnn2)c1. The highest BCUT2D eigenvalue weighted by molar-refractivity contribution is 5.94. The van der Waals surface area contributed by atoms with E-state index in [0.717, 1.165) is 22.3 Å². The van der Waals surface area contributed by atoms with Crippen molar-refractivity contribution in [1.29, 1.82) is 0 Å². The Balaban J connectivity index is 1.28. The number of amides is 1. The van der Waals surface area contributed by atoms with Gasteiger partial charge in [-0.25, -0.2) is 4.68 Å². The first-order valence-electron chi connectivity index (χ1n) is 8.89. The van der Waals surface area contributed by atoms with E-state index in [4.69, 9.17) is 4.74 Å². The zero-order valence-corrected chi connectivity index (χ0v) is 15.0.